The minimum atomic E-state index is -0.382. The van der Waals surface area contributed by atoms with Crippen LogP contribution in [-0.4, -0.2) is 4.92 Å². The third kappa shape index (κ3) is 2.99. The Bertz CT molecular complexity index is 1440. The summed E-state index contributed by atoms with van der Waals surface area (Å²) in [5.74, 6) is -0.322. The first-order valence-corrected chi connectivity index (χ1v) is 9.57. The third-order valence-electron chi connectivity index (χ3n) is 5.40. The van der Waals surface area contributed by atoms with Gasteiger partial charge in [-0.05, 0) is 63.0 Å². The van der Waals surface area contributed by atoms with Crippen molar-refractivity contribution in [2.24, 2.45) is 0 Å². The fraction of sp³-hybridized carbons (Fsp3) is 0. The van der Waals surface area contributed by atoms with E-state index in [-0.39, 0.29) is 16.4 Å². The number of halogens is 1. The summed E-state index contributed by atoms with van der Waals surface area (Å²) in [6, 6.07) is 29.1. The highest BCUT2D eigenvalue weighted by molar-refractivity contribution is 6.02. The standard InChI is InChI=1S/C26H16FNO2/c27-25-16-18-8-2-1-7-17(18)14-23(25)20-13-19-9-3-4-10-21(19)24(15-20)22-11-5-6-12-26(22)28(29)30/h1-16H. The molecule has 0 aliphatic rings. The predicted octanol–water partition coefficient (Wildman–Crippen LogP) is 7.37. The quantitative estimate of drug-likeness (QED) is 0.237. The van der Waals surface area contributed by atoms with Crippen molar-refractivity contribution in [2.75, 3.05) is 0 Å². The van der Waals surface area contributed by atoms with Crippen LogP contribution in [0.1, 0.15) is 0 Å². The number of hydrogen-bond donors (Lipinski definition) is 0. The second-order valence-electron chi connectivity index (χ2n) is 7.20. The highest BCUT2D eigenvalue weighted by Crippen LogP contribution is 2.39. The van der Waals surface area contributed by atoms with E-state index in [0.29, 0.717) is 22.3 Å². The number of benzene rings is 5. The molecule has 0 heterocycles. The minimum absolute atomic E-state index is 0.0267. The zero-order valence-corrected chi connectivity index (χ0v) is 15.9. The van der Waals surface area contributed by atoms with Crippen LogP contribution in [0.25, 0.3) is 43.8 Å². The fourth-order valence-electron chi connectivity index (χ4n) is 3.98. The van der Waals surface area contributed by atoms with Crippen molar-refractivity contribution >= 4 is 27.2 Å². The van der Waals surface area contributed by atoms with E-state index < -0.39 is 0 Å². The van der Waals surface area contributed by atoms with E-state index in [1.807, 2.05) is 66.7 Å². The van der Waals surface area contributed by atoms with Crippen LogP contribution in [-0.2, 0) is 0 Å². The van der Waals surface area contributed by atoms with Crippen molar-refractivity contribution in [1.29, 1.82) is 0 Å². The van der Waals surface area contributed by atoms with Gasteiger partial charge in [-0.3, -0.25) is 10.1 Å². The lowest BCUT2D eigenvalue weighted by atomic mass is 9.91. The molecular weight excluding hydrogens is 377 g/mol. The van der Waals surface area contributed by atoms with Gasteiger partial charge in [-0.15, -0.1) is 0 Å². The molecule has 0 atom stereocenters. The largest absolute Gasteiger partial charge is 0.277 e. The van der Waals surface area contributed by atoms with Crippen molar-refractivity contribution in [3.63, 3.8) is 0 Å². The van der Waals surface area contributed by atoms with Crippen LogP contribution < -0.4 is 0 Å². The second kappa shape index (κ2) is 7.08. The molecule has 5 aromatic carbocycles. The van der Waals surface area contributed by atoms with Gasteiger partial charge in [0.2, 0.25) is 0 Å². The highest BCUT2D eigenvalue weighted by atomic mass is 19.1. The van der Waals surface area contributed by atoms with Gasteiger partial charge >= 0.3 is 0 Å². The van der Waals surface area contributed by atoms with E-state index in [4.69, 9.17) is 0 Å². The summed E-state index contributed by atoms with van der Waals surface area (Å²) in [5, 5.41) is 15.2. The molecule has 5 aromatic rings. The molecule has 0 bridgehead atoms. The monoisotopic (exact) mass is 393 g/mol. The van der Waals surface area contributed by atoms with Crippen LogP contribution in [0.5, 0.6) is 0 Å². The molecule has 0 aliphatic carbocycles. The van der Waals surface area contributed by atoms with Crippen molar-refractivity contribution in [3.05, 3.63) is 113 Å². The van der Waals surface area contributed by atoms with Crippen LogP contribution in [0.2, 0.25) is 0 Å². The average molecular weight is 393 g/mol. The normalized spacial score (nSPS) is 11.1. The molecule has 0 saturated heterocycles. The van der Waals surface area contributed by atoms with E-state index >= 15 is 4.39 Å². The molecule has 4 heteroatoms. The first kappa shape index (κ1) is 18.0. The summed E-state index contributed by atoms with van der Waals surface area (Å²) in [6.07, 6.45) is 0. The van der Waals surface area contributed by atoms with Gasteiger partial charge in [0.25, 0.3) is 5.69 Å². The molecule has 0 saturated carbocycles. The van der Waals surface area contributed by atoms with E-state index in [2.05, 4.69) is 0 Å². The third-order valence-corrected chi connectivity index (χ3v) is 5.40. The van der Waals surface area contributed by atoms with Crippen molar-refractivity contribution in [1.82, 2.24) is 0 Å². The number of nitro groups is 1. The molecule has 5 rings (SSSR count). The Kier molecular flexibility index (Phi) is 4.25. The van der Waals surface area contributed by atoms with Gasteiger partial charge in [0.1, 0.15) is 5.82 Å². The van der Waals surface area contributed by atoms with Gasteiger partial charge in [-0.25, -0.2) is 4.39 Å². The molecule has 0 aromatic heterocycles. The highest BCUT2D eigenvalue weighted by Gasteiger charge is 2.18. The molecule has 0 unspecified atom stereocenters. The van der Waals surface area contributed by atoms with E-state index in [0.717, 1.165) is 21.5 Å². The molecule has 0 spiro atoms. The summed E-state index contributed by atoms with van der Waals surface area (Å²) >= 11 is 0. The number of hydrogen-bond acceptors (Lipinski definition) is 2. The van der Waals surface area contributed by atoms with Crippen LogP contribution in [0.4, 0.5) is 10.1 Å². The number of nitro benzene ring substituents is 1. The molecule has 144 valence electrons. The van der Waals surface area contributed by atoms with Gasteiger partial charge in [0.15, 0.2) is 0 Å². The molecule has 0 aliphatic heterocycles. The Morgan fingerprint density at radius 1 is 0.633 bits per heavy atom. The number of nitrogens with zero attached hydrogens (tertiary/aromatic N) is 1. The van der Waals surface area contributed by atoms with E-state index in [9.17, 15) is 10.1 Å². The molecule has 30 heavy (non-hydrogen) atoms. The lowest BCUT2D eigenvalue weighted by molar-refractivity contribution is -0.384. The van der Waals surface area contributed by atoms with Crippen molar-refractivity contribution in [2.45, 2.75) is 0 Å². The van der Waals surface area contributed by atoms with Crippen molar-refractivity contribution < 1.29 is 9.31 Å². The SMILES string of the molecule is O=[N+]([O-])c1ccccc1-c1cc(-c2cc3ccccc3cc2F)cc2ccccc12. The van der Waals surface area contributed by atoms with E-state index in [1.54, 1.807) is 18.2 Å². The van der Waals surface area contributed by atoms with E-state index in [1.165, 1.54) is 12.1 Å². The van der Waals surface area contributed by atoms with Gasteiger partial charge in [0, 0.05) is 11.6 Å². The van der Waals surface area contributed by atoms with Gasteiger partial charge in [-0.1, -0.05) is 60.7 Å². The van der Waals surface area contributed by atoms with Crippen LogP contribution >= 0.6 is 0 Å². The number of para-hydroxylation sites is 1. The smallest absolute Gasteiger partial charge is 0.258 e. The Hall–Kier alpha value is -4.05. The maximum Gasteiger partial charge on any atom is 0.277 e. The topological polar surface area (TPSA) is 43.1 Å². The molecule has 0 radical (unpaired) electrons. The molecule has 0 N–H and O–H groups in total. The Morgan fingerprint density at radius 2 is 1.27 bits per heavy atom. The zero-order valence-electron chi connectivity index (χ0n) is 15.9. The first-order valence-electron chi connectivity index (χ1n) is 9.57. The first-order chi connectivity index (χ1) is 14.6. The summed E-state index contributed by atoms with van der Waals surface area (Å²) in [6.45, 7) is 0. The summed E-state index contributed by atoms with van der Waals surface area (Å²) in [7, 11) is 0. The number of fused-ring (bicyclic) bond motifs is 2. The number of rotatable bonds is 3. The maximum absolute atomic E-state index is 15.0. The molecule has 0 amide bonds. The van der Waals surface area contributed by atoms with Gasteiger partial charge < -0.3 is 0 Å². The minimum Gasteiger partial charge on any atom is -0.258 e. The molecule has 3 nitrogen and oxygen atoms in total. The average Bonchev–Trinajstić information content (AvgIpc) is 2.78. The predicted molar refractivity (Wildman–Crippen MR) is 119 cm³/mol. The molecule has 0 fully saturated rings. The molecular formula is C26H16FNO2. The summed E-state index contributed by atoms with van der Waals surface area (Å²) < 4.78 is 15.0. The van der Waals surface area contributed by atoms with Crippen LogP contribution in [0.15, 0.2) is 97.1 Å². The second-order valence-corrected chi connectivity index (χ2v) is 7.20. The maximum atomic E-state index is 15.0. The van der Waals surface area contributed by atoms with Crippen LogP contribution in [0, 0.1) is 15.9 Å². The van der Waals surface area contributed by atoms with Gasteiger partial charge in [-0.2, -0.15) is 0 Å². The Balaban J connectivity index is 1.83. The zero-order chi connectivity index (χ0) is 20.7. The Morgan fingerprint density at radius 3 is 2.03 bits per heavy atom. The van der Waals surface area contributed by atoms with Gasteiger partial charge in [0.05, 0.1) is 10.5 Å². The lowest BCUT2D eigenvalue weighted by Gasteiger charge is -2.13. The summed E-state index contributed by atoms with van der Waals surface area (Å²) in [5.41, 5.74) is 2.41. The van der Waals surface area contributed by atoms with Crippen LogP contribution in [0.3, 0.4) is 0 Å². The Labute approximate surface area is 172 Å². The lowest BCUT2D eigenvalue weighted by Crippen LogP contribution is -1.93. The van der Waals surface area contributed by atoms with Crippen molar-refractivity contribution in [3.8, 4) is 22.3 Å². The fourth-order valence-corrected chi connectivity index (χ4v) is 3.98. The summed E-state index contributed by atoms with van der Waals surface area (Å²) in [4.78, 5) is 11.3.